The Morgan fingerprint density at radius 1 is 1.22 bits per heavy atom. The van der Waals surface area contributed by atoms with Gasteiger partial charge >= 0.3 is 0 Å². The number of methoxy groups -OCH3 is 1. The van der Waals surface area contributed by atoms with Crippen LogP contribution in [-0.2, 0) is 4.79 Å². The first-order valence-corrected chi connectivity index (χ1v) is 8.78. The Bertz CT molecular complexity index is 543. The smallest absolute Gasteiger partial charge is 0.225 e. The Kier molecular flexibility index (Phi) is 4.90. The maximum atomic E-state index is 12.9. The van der Waals surface area contributed by atoms with Gasteiger partial charge in [-0.1, -0.05) is 18.6 Å². The van der Waals surface area contributed by atoms with Gasteiger partial charge in [0.1, 0.15) is 5.75 Å². The molecule has 4 atom stereocenters. The number of hydrogen-bond acceptors (Lipinski definition) is 3. The second-order valence-corrected chi connectivity index (χ2v) is 7.17. The van der Waals surface area contributed by atoms with Crippen LogP contribution in [0.15, 0.2) is 24.3 Å². The van der Waals surface area contributed by atoms with Crippen LogP contribution in [-0.4, -0.2) is 36.5 Å². The maximum Gasteiger partial charge on any atom is 0.225 e. The number of benzene rings is 1. The topological polar surface area (TPSA) is 55.6 Å². The van der Waals surface area contributed by atoms with Gasteiger partial charge in [-0.05, 0) is 50.3 Å². The summed E-state index contributed by atoms with van der Waals surface area (Å²) in [4.78, 5) is 15.0. The van der Waals surface area contributed by atoms with E-state index >= 15 is 0 Å². The van der Waals surface area contributed by atoms with Gasteiger partial charge in [-0.2, -0.15) is 0 Å². The molecule has 1 aliphatic heterocycles. The number of carbonyl (C=O) groups excluding carboxylic acids is 1. The van der Waals surface area contributed by atoms with Crippen LogP contribution in [0.3, 0.4) is 0 Å². The van der Waals surface area contributed by atoms with E-state index in [9.17, 15) is 4.79 Å². The van der Waals surface area contributed by atoms with E-state index in [0.29, 0.717) is 17.9 Å². The van der Waals surface area contributed by atoms with Gasteiger partial charge < -0.3 is 15.4 Å². The molecule has 1 aromatic rings. The number of likely N-dealkylation sites (tertiary alicyclic amines) is 1. The highest BCUT2D eigenvalue weighted by Crippen LogP contribution is 2.35. The predicted molar refractivity (Wildman–Crippen MR) is 91.5 cm³/mol. The average Bonchev–Trinajstić information content (AvgIpc) is 2.96. The summed E-state index contributed by atoms with van der Waals surface area (Å²) in [6, 6.07) is 8.78. The summed E-state index contributed by atoms with van der Waals surface area (Å²) in [5.41, 5.74) is 7.36. The summed E-state index contributed by atoms with van der Waals surface area (Å²) >= 11 is 0. The molecule has 1 aliphatic carbocycles. The van der Waals surface area contributed by atoms with Gasteiger partial charge in [-0.15, -0.1) is 0 Å². The lowest BCUT2D eigenvalue weighted by Crippen LogP contribution is -2.42. The number of nitrogens with two attached hydrogens (primary N) is 1. The Hall–Kier alpha value is -1.55. The molecule has 0 spiro atoms. The van der Waals surface area contributed by atoms with E-state index in [2.05, 4.69) is 24.0 Å². The third-order valence-corrected chi connectivity index (χ3v) is 5.51. The lowest BCUT2D eigenvalue weighted by molar-refractivity contribution is -0.137. The minimum atomic E-state index is 0.135. The number of carbonyl (C=O) groups is 1. The Morgan fingerprint density at radius 3 is 2.61 bits per heavy atom. The second-order valence-electron chi connectivity index (χ2n) is 7.17. The van der Waals surface area contributed by atoms with Crippen LogP contribution >= 0.6 is 0 Å². The zero-order valence-corrected chi connectivity index (χ0v) is 14.2. The van der Waals surface area contributed by atoms with Crippen LogP contribution in [0.1, 0.15) is 50.5 Å². The van der Waals surface area contributed by atoms with Crippen molar-refractivity contribution in [2.75, 3.05) is 13.7 Å². The summed E-state index contributed by atoms with van der Waals surface area (Å²) in [6.45, 7) is 3.00. The maximum absolute atomic E-state index is 12.9. The highest BCUT2D eigenvalue weighted by Gasteiger charge is 2.37. The molecule has 4 nitrogen and oxygen atoms in total. The fourth-order valence-corrected chi connectivity index (χ4v) is 4.14. The van der Waals surface area contributed by atoms with Crippen molar-refractivity contribution in [2.45, 2.75) is 57.0 Å². The molecule has 0 bridgehead atoms. The molecular weight excluding hydrogens is 288 g/mol. The van der Waals surface area contributed by atoms with Crippen LogP contribution < -0.4 is 10.5 Å². The average molecular weight is 316 g/mol. The van der Waals surface area contributed by atoms with E-state index in [0.717, 1.165) is 44.4 Å². The first-order chi connectivity index (χ1) is 11.1. The molecular formula is C19H28N2O2. The molecule has 2 aliphatic rings. The normalized spacial score (nSPS) is 31.2. The van der Waals surface area contributed by atoms with Crippen molar-refractivity contribution >= 4 is 5.91 Å². The van der Waals surface area contributed by atoms with Crippen molar-refractivity contribution in [3.8, 4) is 5.75 Å². The summed E-state index contributed by atoms with van der Waals surface area (Å²) < 4.78 is 5.23. The minimum Gasteiger partial charge on any atom is -0.497 e. The standard InChI is InChI=1S/C19H28N2O2/c1-13-10-16(14-6-8-18(23-2)9-7-14)12-21(13)19(22)15-4-3-5-17(20)11-15/h6-9,13,15-17H,3-5,10-12,20H2,1-2H3/t13-,15+,16+,17-/m0/s1. The highest BCUT2D eigenvalue weighted by molar-refractivity contribution is 5.79. The van der Waals surface area contributed by atoms with Gasteiger partial charge in [0.15, 0.2) is 0 Å². The van der Waals surface area contributed by atoms with Crippen LogP contribution in [0.4, 0.5) is 0 Å². The zero-order chi connectivity index (χ0) is 16.4. The zero-order valence-electron chi connectivity index (χ0n) is 14.2. The fourth-order valence-electron chi connectivity index (χ4n) is 4.14. The van der Waals surface area contributed by atoms with Crippen LogP contribution in [0.5, 0.6) is 5.75 Å². The molecule has 4 heteroatoms. The van der Waals surface area contributed by atoms with Gasteiger partial charge in [-0.25, -0.2) is 0 Å². The molecule has 1 amide bonds. The Labute approximate surface area is 139 Å². The number of ether oxygens (including phenoxy) is 1. The van der Waals surface area contributed by atoms with Gasteiger partial charge in [0.2, 0.25) is 5.91 Å². The van der Waals surface area contributed by atoms with Crippen molar-refractivity contribution < 1.29 is 9.53 Å². The molecule has 1 saturated heterocycles. The summed E-state index contributed by atoms with van der Waals surface area (Å²) in [7, 11) is 1.68. The van der Waals surface area contributed by atoms with Crippen LogP contribution in [0, 0.1) is 5.92 Å². The quantitative estimate of drug-likeness (QED) is 0.933. The van der Waals surface area contributed by atoms with Crippen molar-refractivity contribution in [3.63, 3.8) is 0 Å². The van der Waals surface area contributed by atoms with Crippen molar-refractivity contribution in [2.24, 2.45) is 11.7 Å². The molecule has 23 heavy (non-hydrogen) atoms. The summed E-state index contributed by atoms with van der Waals surface area (Å²) in [5.74, 6) is 1.76. The first kappa shape index (κ1) is 16.3. The van der Waals surface area contributed by atoms with E-state index in [-0.39, 0.29) is 12.0 Å². The summed E-state index contributed by atoms with van der Waals surface area (Å²) in [5, 5.41) is 0. The van der Waals surface area contributed by atoms with E-state index < -0.39 is 0 Å². The first-order valence-electron chi connectivity index (χ1n) is 8.78. The molecule has 3 rings (SSSR count). The molecule has 2 fully saturated rings. The SMILES string of the molecule is COc1ccc([C@@H]2C[C@H](C)N(C(=O)[C@@H]3CCC[C@H](N)C3)C2)cc1. The van der Waals surface area contributed by atoms with Gasteiger partial charge in [-0.3, -0.25) is 4.79 Å². The monoisotopic (exact) mass is 316 g/mol. The van der Waals surface area contributed by atoms with Crippen molar-refractivity contribution in [3.05, 3.63) is 29.8 Å². The van der Waals surface area contributed by atoms with E-state index in [1.54, 1.807) is 7.11 Å². The molecule has 1 aromatic carbocycles. The largest absolute Gasteiger partial charge is 0.497 e. The number of hydrogen-bond donors (Lipinski definition) is 1. The van der Waals surface area contributed by atoms with Crippen LogP contribution in [0.2, 0.25) is 0 Å². The predicted octanol–water partition coefficient (Wildman–Crippen LogP) is 2.92. The van der Waals surface area contributed by atoms with Gasteiger partial charge in [0, 0.05) is 30.5 Å². The molecule has 126 valence electrons. The molecule has 0 radical (unpaired) electrons. The number of nitrogens with zero attached hydrogens (tertiary/aromatic N) is 1. The van der Waals surface area contributed by atoms with E-state index in [1.165, 1.54) is 5.56 Å². The number of rotatable bonds is 3. The van der Waals surface area contributed by atoms with Gasteiger partial charge in [0.05, 0.1) is 7.11 Å². The van der Waals surface area contributed by atoms with Crippen LogP contribution in [0.25, 0.3) is 0 Å². The molecule has 2 N–H and O–H groups in total. The van der Waals surface area contributed by atoms with E-state index in [1.807, 2.05) is 12.1 Å². The summed E-state index contributed by atoms with van der Waals surface area (Å²) in [6.07, 6.45) is 5.05. The highest BCUT2D eigenvalue weighted by atomic mass is 16.5. The van der Waals surface area contributed by atoms with Crippen molar-refractivity contribution in [1.82, 2.24) is 4.90 Å². The van der Waals surface area contributed by atoms with Gasteiger partial charge in [0.25, 0.3) is 0 Å². The number of amides is 1. The second kappa shape index (κ2) is 6.91. The minimum absolute atomic E-state index is 0.135. The molecule has 0 aromatic heterocycles. The third-order valence-electron chi connectivity index (χ3n) is 5.51. The Morgan fingerprint density at radius 2 is 1.96 bits per heavy atom. The van der Waals surface area contributed by atoms with Crippen molar-refractivity contribution in [1.29, 1.82) is 0 Å². The Balaban J connectivity index is 1.66. The molecule has 0 unspecified atom stereocenters. The van der Waals surface area contributed by atoms with E-state index in [4.69, 9.17) is 10.5 Å². The molecule has 1 heterocycles. The fraction of sp³-hybridized carbons (Fsp3) is 0.632. The molecule has 1 saturated carbocycles. The third kappa shape index (κ3) is 3.52. The lowest BCUT2D eigenvalue weighted by Gasteiger charge is -2.31. The lowest BCUT2D eigenvalue weighted by atomic mass is 9.85.